The standard InChI is InChI=1S/C24H26N4O2/c29-24-21(15-17-7-8-26-22-4-2-1-3-19(17)22)20-16-18(5-6-23(20)27-24)25-9-10-28-11-13-30-14-12-28/h1-8,15-16,24-25,27,29H,9-14H2. The Kier molecular flexibility index (Phi) is 5.36. The second-order valence-corrected chi connectivity index (χ2v) is 7.71. The van der Waals surface area contributed by atoms with Gasteiger partial charge in [-0.1, -0.05) is 18.2 Å². The molecule has 1 atom stereocenters. The number of anilines is 2. The van der Waals surface area contributed by atoms with Crippen LogP contribution in [0.4, 0.5) is 11.4 Å². The van der Waals surface area contributed by atoms with Gasteiger partial charge in [-0.2, -0.15) is 0 Å². The SMILES string of the molecule is OC1Nc2ccc(NCCN3CCOCC3)cc2C1=Cc1ccnc2ccccc12. The smallest absolute Gasteiger partial charge is 0.151 e. The third-order valence-electron chi connectivity index (χ3n) is 5.77. The molecule has 5 rings (SSSR count). The van der Waals surface area contributed by atoms with Crippen LogP contribution in [-0.4, -0.2) is 60.6 Å². The van der Waals surface area contributed by atoms with Crippen molar-refractivity contribution in [1.29, 1.82) is 0 Å². The first kappa shape index (κ1) is 19.1. The van der Waals surface area contributed by atoms with Gasteiger partial charge in [-0.05, 0) is 42.0 Å². The minimum absolute atomic E-state index is 0.726. The molecule has 154 valence electrons. The maximum atomic E-state index is 10.6. The van der Waals surface area contributed by atoms with Gasteiger partial charge in [0.1, 0.15) is 0 Å². The molecule has 3 N–H and O–H groups in total. The Morgan fingerprint density at radius 3 is 2.93 bits per heavy atom. The van der Waals surface area contributed by atoms with E-state index in [0.29, 0.717) is 0 Å². The summed E-state index contributed by atoms with van der Waals surface area (Å²) in [4.78, 5) is 6.85. The monoisotopic (exact) mass is 402 g/mol. The number of para-hydroxylation sites is 1. The Balaban J connectivity index is 1.38. The van der Waals surface area contributed by atoms with Crippen molar-refractivity contribution >= 4 is 33.9 Å². The molecule has 2 aliphatic heterocycles. The lowest BCUT2D eigenvalue weighted by atomic mass is 10.0. The average Bonchev–Trinajstić information content (AvgIpc) is 3.09. The Morgan fingerprint density at radius 1 is 1.17 bits per heavy atom. The summed E-state index contributed by atoms with van der Waals surface area (Å²) >= 11 is 0. The Morgan fingerprint density at radius 2 is 2.03 bits per heavy atom. The van der Waals surface area contributed by atoms with Gasteiger partial charge in [0.15, 0.2) is 6.23 Å². The summed E-state index contributed by atoms with van der Waals surface area (Å²) in [6.07, 6.45) is 3.15. The highest BCUT2D eigenvalue weighted by atomic mass is 16.5. The Hall–Kier alpha value is -2.93. The van der Waals surface area contributed by atoms with Gasteiger partial charge in [0.2, 0.25) is 0 Å². The molecule has 1 aromatic heterocycles. The molecular formula is C24H26N4O2. The molecule has 1 fully saturated rings. The second-order valence-electron chi connectivity index (χ2n) is 7.71. The zero-order valence-corrected chi connectivity index (χ0v) is 16.8. The van der Waals surface area contributed by atoms with E-state index in [1.807, 2.05) is 36.5 Å². The van der Waals surface area contributed by atoms with Gasteiger partial charge in [0, 0.05) is 60.3 Å². The number of benzene rings is 2. The number of aliphatic hydroxyl groups excluding tert-OH is 1. The van der Waals surface area contributed by atoms with Crippen molar-refractivity contribution < 1.29 is 9.84 Å². The summed E-state index contributed by atoms with van der Waals surface area (Å²) in [5, 5.41) is 18.4. The third kappa shape index (κ3) is 3.89. The predicted octanol–water partition coefficient (Wildman–Crippen LogP) is 3.26. The van der Waals surface area contributed by atoms with E-state index >= 15 is 0 Å². The van der Waals surface area contributed by atoms with Crippen LogP contribution in [-0.2, 0) is 4.74 Å². The van der Waals surface area contributed by atoms with E-state index in [-0.39, 0.29) is 0 Å². The van der Waals surface area contributed by atoms with Crippen LogP contribution in [0, 0.1) is 0 Å². The molecule has 6 nitrogen and oxygen atoms in total. The van der Waals surface area contributed by atoms with Crippen molar-refractivity contribution in [2.75, 3.05) is 50.0 Å². The van der Waals surface area contributed by atoms with Crippen molar-refractivity contribution in [2.24, 2.45) is 0 Å². The zero-order valence-electron chi connectivity index (χ0n) is 16.8. The Labute approximate surface area is 176 Å². The number of hydrogen-bond donors (Lipinski definition) is 3. The highest BCUT2D eigenvalue weighted by Gasteiger charge is 2.25. The number of aliphatic hydroxyl groups is 1. The fourth-order valence-electron chi connectivity index (χ4n) is 4.14. The molecule has 6 heteroatoms. The van der Waals surface area contributed by atoms with Crippen LogP contribution in [0.3, 0.4) is 0 Å². The van der Waals surface area contributed by atoms with E-state index in [0.717, 1.165) is 78.4 Å². The molecule has 0 saturated carbocycles. The van der Waals surface area contributed by atoms with Crippen LogP contribution >= 0.6 is 0 Å². The molecule has 1 unspecified atom stereocenters. The summed E-state index contributed by atoms with van der Waals surface area (Å²) in [6, 6.07) is 16.3. The number of pyridine rings is 1. The minimum Gasteiger partial charge on any atom is -0.384 e. The predicted molar refractivity (Wildman–Crippen MR) is 121 cm³/mol. The van der Waals surface area contributed by atoms with Crippen molar-refractivity contribution in [3.8, 4) is 0 Å². The lowest BCUT2D eigenvalue weighted by Crippen LogP contribution is -2.39. The number of nitrogens with one attached hydrogen (secondary N) is 2. The molecule has 30 heavy (non-hydrogen) atoms. The van der Waals surface area contributed by atoms with E-state index in [1.54, 1.807) is 0 Å². The maximum absolute atomic E-state index is 10.6. The van der Waals surface area contributed by atoms with Crippen LogP contribution in [0.2, 0.25) is 0 Å². The molecule has 2 aromatic carbocycles. The number of aromatic nitrogens is 1. The molecule has 0 aliphatic carbocycles. The number of fused-ring (bicyclic) bond motifs is 2. The first-order valence-electron chi connectivity index (χ1n) is 10.5. The molecule has 0 spiro atoms. The van der Waals surface area contributed by atoms with Gasteiger partial charge < -0.3 is 20.5 Å². The van der Waals surface area contributed by atoms with Crippen LogP contribution in [0.5, 0.6) is 0 Å². The summed E-state index contributed by atoms with van der Waals surface area (Å²) < 4.78 is 5.41. The first-order chi connectivity index (χ1) is 14.8. The van der Waals surface area contributed by atoms with Crippen molar-refractivity contribution in [3.63, 3.8) is 0 Å². The molecule has 1 saturated heterocycles. The largest absolute Gasteiger partial charge is 0.384 e. The quantitative estimate of drug-likeness (QED) is 0.609. The summed E-state index contributed by atoms with van der Waals surface area (Å²) in [5.41, 5.74) is 5.91. The van der Waals surface area contributed by atoms with Gasteiger partial charge in [-0.15, -0.1) is 0 Å². The number of hydrogen-bond acceptors (Lipinski definition) is 6. The normalized spacial score (nSPS) is 20.3. The van der Waals surface area contributed by atoms with Crippen LogP contribution in [0.15, 0.2) is 54.7 Å². The number of ether oxygens (including phenoxy) is 1. The van der Waals surface area contributed by atoms with Gasteiger partial charge in [-0.3, -0.25) is 9.88 Å². The van der Waals surface area contributed by atoms with Crippen molar-refractivity contribution in [3.05, 3.63) is 65.9 Å². The lowest BCUT2D eigenvalue weighted by molar-refractivity contribution is 0.0398. The summed E-state index contributed by atoms with van der Waals surface area (Å²) in [5.74, 6) is 0. The Bertz CT molecular complexity index is 1070. The fraction of sp³-hybridized carbons (Fsp3) is 0.292. The maximum Gasteiger partial charge on any atom is 0.151 e. The molecule has 3 aromatic rings. The molecule has 2 aliphatic rings. The van der Waals surface area contributed by atoms with Crippen molar-refractivity contribution in [2.45, 2.75) is 6.23 Å². The highest BCUT2D eigenvalue weighted by Crippen LogP contribution is 2.37. The zero-order chi connectivity index (χ0) is 20.3. The van der Waals surface area contributed by atoms with E-state index in [1.165, 1.54) is 0 Å². The fourth-order valence-corrected chi connectivity index (χ4v) is 4.14. The van der Waals surface area contributed by atoms with Gasteiger partial charge in [0.05, 0.1) is 18.7 Å². The van der Waals surface area contributed by atoms with Crippen LogP contribution in [0.25, 0.3) is 22.6 Å². The summed E-state index contributed by atoms with van der Waals surface area (Å²) in [7, 11) is 0. The minimum atomic E-state index is -0.726. The van der Waals surface area contributed by atoms with E-state index in [4.69, 9.17) is 4.74 Å². The third-order valence-corrected chi connectivity index (χ3v) is 5.77. The topological polar surface area (TPSA) is 69.7 Å². The second kappa shape index (κ2) is 8.44. The summed E-state index contributed by atoms with van der Waals surface area (Å²) in [6.45, 7) is 5.50. The van der Waals surface area contributed by atoms with E-state index in [9.17, 15) is 5.11 Å². The van der Waals surface area contributed by atoms with Gasteiger partial charge >= 0.3 is 0 Å². The molecule has 0 bridgehead atoms. The van der Waals surface area contributed by atoms with E-state index in [2.05, 4.69) is 44.8 Å². The van der Waals surface area contributed by atoms with Crippen molar-refractivity contribution in [1.82, 2.24) is 9.88 Å². The molecule has 0 amide bonds. The lowest BCUT2D eigenvalue weighted by Gasteiger charge is -2.26. The van der Waals surface area contributed by atoms with Crippen LogP contribution in [0.1, 0.15) is 11.1 Å². The number of morpholine rings is 1. The molecule has 3 heterocycles. The van der Waals surface area contributed by atoms with Gasteiger partial charge in [-0.25, -0.2) is 0 Å². The van der Waals surface area contributed by atoms with Crippen LogP contribution < -0.4 is 10.6 Å². The number of nitrogens with zero attached hydrogens (tertiary/aromatic N) is 2. The van der Waals surface area contributed by atoms with E-state index < -0.39 is 6.23 Å². The highest BCUT2D eigenvalue weighted by molar-refractivity contribution is 5.99. The number of rotatable bonds is 5. The molecule has 0 radical (unpaired) electrons. The first-order valence-corrected chi connectivity index (χ1v) is 10.5. The molecular weight excluding hydrogens is 376 g/mol. The average molecular weight is 402 g/mol. The van der Waals surface area contributed by atoms with Gasteiger partial charge in [0.25, 0.3) is 0 Å².